The molecular formula is C18H21NO4S. The Morgan fingerprint density at radius 3 is 2.58 bits per heavy atom. The molecule has 0 amide bonds. The van der Waals surface area contributed by atoms with Gasteiger partial charge in [0.2, 0.25) is 0 Å². The van der Waals surface area contributed by atoms with Crippen molar-refractivity contribution in [3.05, 3.63) is 47.0 Å². The van der Waals surface area contributed by atoms with Gasteiger partial charge in [0.25, 0.3) is 10.1 Å². The number of nitrogens with zero attached hydrogens (tertiary/aromatic N) is 1. The Bertz CT molecular complexity index is 890. The zero-order chi connectivity index (χ0) is 17.5. The predicted molar refractivity (Wildman–Crippen MR) is 94.5 cm³/mol. The van der Waals surface area contributed by atoms with E-state index in [1.807, 2.05) is 45.0 Å². The van der Waals surface area contributed by atoms with Crippen LogP contribution >= 0.6 is 0 Å². The van der Waals surface area contributed by atoms with Crippen LogP contribution in [0.5, 0.6) is 11.5 Å². The van der Waals surface area contributed by atoms with Crippen molar-refractivity contribution in [1.82, 2.24) is 0 Å². The van der Waals surface area contributed by atoms with Crippen LogP contribution in [0.2, 0.25) is 0 Å². The molecule has 24 heavy (non-hydrogen) atoms. The van der Waals surface area contributed by atoms with Crippen LogP contribution in [0, 0.1) is 20.8 Å². The average molecular weight is 347 g/mol. The smallest absolute Gasteiger partial charge is 0.288 e. The van der Waals surface area contributed by atoms with Gasteiger partial charge >= 0.3 is 0 Å². The second-order valence-electron chi connectivity index (χ2n) is 6.08. The maximum Gasteiger partial charge on any atom is 0.288 e. The summed E-state index contributed by atoms with van der Waals surface area (Å²) in [6.07, 6.45) is 0.493. The molecule has 128 valence electrons. The second kappa shape index (κ2) is 6.11. The number of hydrogen-bond acceptors (Lipinski definition) is 5. The van der Waals surface area contributed by atoms with Gasteiger partial charge < -0.3 is 4.74 Å². The third-order valence-corrected chi connectivity index (χ3v) is 5.16. The third kappa shape index (κ3) is 2.99. The van der Waals surface area contributed by atoms with Crippen LogP contribution in [-0.4, -0.2) is 14.2 Å². The van der Waals surface area contributed by atoms with E-state index in [2.05, 4.69) is 0 Å². The maximum absolute atomic E-state index is 12.3. The van der Waals surface area contributed by atoms with Gasteiger partial charge in [-0.25, -0.2) is 0 Å². The SMILES string of the molecule is CCCS(=O)(=O)ON1c2cccc(C)c2Oc2cc(C)cc(C)c21. The van der Waals surface area contributed by atoms with Crippen molar-refractivity contribution >= 4 is 21.5 Å². The molecule has 1 aliphatic heterocycles. The Hall–Kier alpha value is -2.05. The molecule has 5 nitrogen and oxygen atoms in total. The number of benzene rings is 2. The van der Waals surface area contributed by atoms with E-state index in [-0.39, 0.29) is 5.75 Å². The highest BCUT2D eigenvalue weighted by Crippen LogP contribution is 2.50. The minimum absolute atomic E-state index is 0.0360. The van der Waals surface area contributed by atoms with Crippen LogP contribution in [0.4, 0.5) is 11.4 Å². The number of aryl methyl sites for hydroxylation is 3. The number of hydrogen-bond donors (Lipinski definition) is 0. The van der Waals surface area contributed by atoms with E-state index >= 15 is 0 Å². The fourth-order valence-corrected chi connectivity index (χ4v) is 3.85. The number of ether oxygens (including phenoxy) is 1. The molecule has 0 aliphatic carbocycles. The number of anilines is 2. The molecule has 0 aromatic heterocycles. The monoisotopic (exact) mass is 347 g/mol. The lowest BCUT2D eigenvalue weighted by Gasteiger charge is -2.33. The van der Waals surface area contributed by atoms with E-state index in [0.717, 1.165) is 16.7 Å². The Balaban J connectivity index is 2.19. The van der Waals surface area contributed by atoms with Gasteiger partial charge in [0.1, 0.15) is 11.4 Å². The highest BCUT2D eigenvalue weighted by Gasteiger charge is 2.31. The van der Waals surface area contributed by atoms with Gasteiger partial charge in [0, 0.05) is 0 Å². The maximum atomic E-state index is 12.3. The highest BCUT2D eigenvalue weighted by molar-refractivity contribution is 7.86. The summed E-state index contributed by atoms with van der Waals surface area (Å²) in [5.74, 6) is 1.17. The van der Waals surface area contributed by atoms with Crippen molar-refractivity contribution in [3.63, 3.8) is 0 Å². The Morgan fingerprint density at radius 1 is 1.12 bits per heavy atom. The van der Waals surface area contributed by atoms with Crippen molar-refractivity contribution in [2.75, 3.05) is 10.8 Å². The van der Waals surface area contributed by atoms with Crippen LogP contribution in [-0.2, 0) is 14.4 Å². The van der Waals surface area contributed by atoms with E-state index in [9.17, 15) is 8.42 Å². The first-order valence-corrected chi connectivity index (χ1v) is 9.51. The van der Waals surface area contributed by atoms with Crippen molar-refractivity contribution in [2.24, 2.45) is 0 Å². The van der Waals surface area contributed by atoms with Gasteiger partial charge in [0.15, 0.2) is 11.5 Å². The molecule has 0 bridgehead atoms. The van der Waals surface area contributed by atoms with Gasteiger partial charge in [-0.1, -0.05) is 25.1 Å². The molecule has 1 aliphatic rings. The van der Waals surface area contributed by atoms with Crippen LogP contribution in [0.15, 0.2) is 30.3 Å². The molecular weight excluding hydrogens is 326 g/mol. The molecule has 0 saturated carbocycles. The summed E-state index contributed by atoms with van der Waals surface area (Å²) in [5, 5.41) is 1.39. The van der Waals surface area contributed by atoms with Crippen LogP contribution < -0.4 is 9.80 Å². The fraction of sp³-hybridized carbons (Fsp3) is 0.333. The summed E-state index contributed by atoms with van der Waals surface area (Å²) in [6.45, 7) is 7.62. The van der Waals surface area contributed by atoms with Gasteiger partial charge in [-0.2, -0.15) is 13.5 Å². The summed E-state index contributed by atoms with van der Waals surface area (Å²) < 4.78 is 36.1. The number of rotatable bonds is 4. The molecule has 2 aromatic carbocycles. The Kier molecular flexibility index (Phi) is 4.27. The van der Waals surface area contributed by atoms with Crippen molar-refractivity contribution in [3.8, 4) is 11.5 Å². The molecule has 2 aromatic rings. The molecule has 0 spiro atoms. The van der Waals surface area contributed by atoms with Crippen LogP contribution in [0.25, 0.3) is 0 Å². The molecule has 3 rings (SSSR count). The van der Waals surface area contributed by atoms with Crippen molar-refractivity contribution in [1.29, 1.82) is 0 Å². The summed E-state index contributed by atoms with van der Waals surface area (Å²) in [5.41, 5.74) is 4.06. The lowest BCUT2D eigenvalue weighted by Crippen LogP contribution is -2.27. The van der Waals surface area contributed by atoms with Crippen LogP contribution in [0.3, 0.4) is 0 Å². The van der Waals surface area contributed by atoms with E-state index in [4.69, 9.17) is 9.02 Å². The zero-order valence-corrected chi connectivity index (χ0v) is 15.1. The summed E-state index contributed by atoms with van der Waals surface area (Å²) in [7, 11) is -3.69. The largest absolute Gasteiger partial charge is 0.452 e. The van der Waals surface area contributed by atoms with E-state index in [1.165, 1.54) is 5.06 Å². The standard InChI is InChI=1S/C18H21NO4S/c1-5-9-24(20,21)23-19-15-8-6-7-13(3)18(15)22-16-11-12(2)10-14(4)17(16)19/h6-8,10-11H,5,9H2,1-4H3. The Morgan fingerprint density at radius 2 is 1.88 bits per heavy atom. The first kappa shape index (κ1) is 16.8. The normalized spacial score (nSPS) is 13.2. The zero-order valence-electron chi connectivity index (χ0n) is 14.3. The van der Waals surface area contributed by atoms with E-state index in [1.54, 1.807) is 13.0 Å². The summed E-state index contributed by atoms with van der Waals surface area (Å²) in [4.78, 5) is 0. The molecule has 0 saturated heterocycles. The van der Waals surface area contributed by atoms with Gasteiger partial charge in [-0.05, 0) is 56.0 Å². The lowest BCUT2D eigenvalue weighted by molar-refractivity contribution is 0.307. The fourth-order valence-electron chi connectivity index (χ4n) is 2.90. The molecule has 0 radical (unpaired) electrons. The van der Waals surface area contributed by atoms with Crippen molar-refractivity contribution in [2.45, 2.75) is 34.1 Å². The molecule has 0 unspecified atom stereocenters. The Labute approximate surface area is 142 Å². The molecule has 0 N–H and O–H groups in total. The summed E-state index contributed by atoms with van der Waals surface area (Å²) >= 11 is 0. The second-order valence-corrected chi connectivity index (χ2v) is 7.76. The van der Waals surface area contributed by atoms with Crippen LogP contribution in [0.1, 0.15) is 30.0 Å². The molecule has 6 heteroatoms. The summed E-state index contributed by atoms with van der Waals surface area (Å²) in [6, 6.07) is 9.44. The van der Waals surface area contributed by atoms with E-state index in [0.29, 0.717) is 29.3 Å². The van der Waals surface area contributed by atoms with Gasteiger partial charge in [-0.3, -0.25) is 0 Å². The third-order valence-electron chi connectivity index (χ3n) is 3.88. The molecule has 0 atom stereocenters. The first-order valence-electron chi connectivity index (χ1n) is 7.93. The minimum atomic E-state index is -3.69. The minimum Gasteiger partial charge on any atom is -0.452 e. The average Bonchev–Trinajstić information content (AvgIpc) is 2.47. The quantitative estimate of drug-likeness (QED) is 0.813. The first-order chi connectivity index (χ1) is 11.3. The number of para-hydroxylation sites is 1. The molecule has 1 heterocycles. The van der Waals surface area contributed by atoms with Crippen molar-refractivity contribution < 1.29 is 17.4 Å². The number of fused-ring (bicyclic) bond motifs is 2. The van der Waals surface area contributed by atoms with Gasteiger partial charge in [0.05, 0.1) is 5.75 Å². The van der Waals surface area contributed by atoms with E-state index < -0.39 is 10.1 Å². The predicted octanol–water partition coefficient (Wildman–Crippen LogP) is 4.53. The van der Waals surface area contributed by atoms with Gasteiger partial charge in [-0.15, -0.1) is 4.28 Å². The topological polar surface area (TPSA) is 55.8 Å². The molecule has 0 fully saturated rings. The highest BCUT2D eigenvalue weighted by atomic mass is 32.2. The lowest BCUT2D eigenvalue weighted by atomic mass is 10.1.